The van der Waals surface area contributed by atoms with E-state index in [-0.39, 0.29) is 0 Å². The molecular formula is C13H24. The van der Waals surface area contributed by atoms with Crippen molar-refractivity contribution in [2.75, 3.05) is 0 Å². The molecule has 0 saturated heterocycles. The summed E-state index contributed by atoms with van der Waals surface area (Å²) in [7, 11) is 0. The summed E-state index contributed by atoms with van der Waals surface area (Å²) in [5.74, 6) is 2.76. The molecule has 13 heavy (non-hydrogen) atoms. The molecule has 0 nitrogen and oxygen atoms in total. The average Bonchev–Trinajstić information content (AvgIpc) is 2.51. The van der Waals surface area contributed by atoms with Crippen LogP contribution in [0, 0.1) is 17.8 Å². The van der Waals surface area contributed by atoms with Crippen LogP contribution < -0.4 is 0 Å². The second kappa shape index (κ2) is 5.47. The minimum absolute atomic E-state index is 0.889. The monoisotopic (exact) mass is 180 g/mol. The van der Waals surface area contributed by atoms with Crippen LogP contribution >= 0.6 is 0 Å². The lowest BCUT2D eigenvalue weighted by atomic mass is 9.80. The van der Waals surface area contributed by atoms with E-state index >= 15 is 0 Å². The fourth-order valence-corrected chi connectivity index (χ4v) is 2.69. The zero-order valence-corrected chi connectivity index (χ0v) is 9.42. The predicted molar refractivity (Wildman–Crippen MR) is 59.7 cm³/mol. The normalized spacial score (nSPS) is 27.4. The first kappa shape index (κ1) is 10.8. The predicted octanol–water partition coefficient (Wildman–Crippen LogP) is 4.42. The van der Waals surface area contributed by atoms with E-state index in [9.17, 15) is 0 Å². The molecule has 0 heteroatoms. The fraction of sp³-hybridized carbons (Fsp3) is 0.846. The second-order valence-corrected chi connectivity index (χ2v) is 4.56. The SMILES string of the molecule is CCCC(CCC)C1C=CC[C@H]1C. The van der Waals surface area contributed by atoms with Crippen molar-refractivity contribution >= 4 is 0 Å². The van der Waals surface area contributed by atoms with Gasteiger partial charge in [-0.2, -0.15) is 0 Å². The van der Waals surface area contributed by atoms with Gasteiger partial charge in [-0.25, -0.2) is 0 Å². The van der Waals surface area contributed by atoms with Crippen LogP contribution in [0.3, 0.4) is 0 Å². The summed E-state index contributed by atoms with van der Waals surface area (Å²) in [6, 6.07) is 0. The summed E-state index contributed by atoms with van der Waals surface area (Å²) in [4.78, 5) is 0. The Morgan fingerprint density at radius 3 is 2.23 bits per heavy atom. The zero-order chi connectivity index (χ0) is 9.68. The molecule has 0 heterocycles. The van der Waals surface area contributed by atoms with Crippen molar-refractivity contribution in [2.24, 2.45) is 17.8 Å². The molecule has 2 atom stereocenters. The van der Waals surface area contributed by atoms with Crippen LogP contribution in [0.4, 0.5) is 0 Å². The van der Waals surface area contributed by atoms with Gasteiger partial charge in [0.2, 0.25) is 0 Å². The van der Waals surface area contributed by atoms with Crippen molar-refractivity contribution in [1.82, 2.24) is 0 Å². The van der Waals surface area contributed by atoms with Crippen molar-refractivity contribution in [3.63, 3.8) is 0 Å². The maximum absolute atomic E-state index is 2.47. The Balaban J connectivity index is 2.47. The molecule has 0 aromatic carbocycles. The highest BCUT2D eigenvalue weighted by Crippen LogP contribution is 2.35. The third kappa shape index (κ3) is 2.86. The third-order valence-corrected chi connectivity index (χ3v) is 3.39. The van der Waals surface area contributed by atoms with Gasteiger partial charge in [0, 0.05) is 0 Å². The quantitative estimate of drug-likeness (QED) is 0.550. The van der Waals surface area contributed by atoms with Crippen molar-refractivity contribution < 1.29 is 0 Å². The van der Waals surface area contributed by atoms with Gasteiger partial charge in [-0.3, -0.25) is 0 Å². The molecule has 0 aromatic rings. The lowest BCUT2D eigenvalue weighted by Gasteiger charge is -2.25. The van der Waals surface area contributed by atoms with Gasteiger partial charge in [0.25, 0.3) is 0 Å². The van der Waals surface area contributed by atoms with Crippen molar-refractivity contribution in [3.8, 4) is 0 Å². The molecule has 0 N–H and O–H groups in total. The Morgan fingerprint density at radius 2 is 1.85 bits per heavy atom. The lowest BCUT2D eigenvalue weighted by molar-refractivity contribution is 0.277. The molecule has 76 valence electrons. The molecule has 0 saturated carbocycles. The van der Waals surface area contributed by atoms with Crippen LogP contribution in [-0.4, -0.2) is 0 Å². The van der Waals surface area contributed by atoms with E-state index in [1.54, 1.807) is 0 Å². The van der Waals surface area contributed by atoms with Crippen molar-refractivity contribution in [3.05, 3.63) is 12.2 Å². The van der Waals surface area contributed by atoms with E-state index in [0.29, 0.717) is 0 Å². The first-order valence-electron chi connectivity index (χ1n) is 5.96. The van der Waals surface area contributed by atoms with Gasteiger partial charge in [-0.05, 0) is 24.2 Å². The number of hydrogen-bond acceptors (Lipinski definition) is 0. The zero-order valence-electron chi connectivity index (χ0n) is 9.42. The number of hydrogen-bond donors (Lipinski definition) is 0. The van der Waals surface area contributed by atoms with Gasteiger partial charge in [-0.1, -0.05) is 58.6 Å². The first-order chi connectivity index (χ1) is 6.29. The van der Waals surface area contributed by atoms with E-state index in [0.717, 1.165) is 17.8 Å². The van der Waals surface area contributed by atoms with Gasteiger partial charge in [0.05, 0.1) is 0 Å². The average molecular weight is 180 g/mol. The van der Waals surface area contributed by atoms with E-state index in [1.807, 2.05) is 0 Å². The first-order valence-corrected chi connectivity index (χ1v) is 5.96. The molecule has 1 rings (SSSR count). The minimum Gasteiger partial charge on any atom is -0.0880 e. The maximum Gasteiger partial charge on any atom is -0.0176 e. The Morgan fingerprint density at radius 1 is 1.23 bits per heavy atom. The molecule has 0 bridgehead atoms. The molecule has 1 aliphatic carbocycles. The standard InChI is InChI=1S/C13H24/c1-4-7-12(8-5-2)13-10-6-9-11(13)3/h6,10-13H,4-5,7-9H2,1-3H3/t11-,13?/m1/s1. The Labute approximate surface area is 83.4 Å². The minimum atomic E-state index is 0.889. The molecule has 0 amide bonds. The van der Waals surface area contributed by atoms with Crippen molar-refractivity contribution in [1.29, 1.82) is 0 Å². The smallest absolute Gasteiger partial charge is 0.0176 e. The number of rotatable bonds is 5. The Kier molecular flexibility index (Phi) is 4.55. The maximum atomic E-state index is 2.47. The van der Waals surface area contributed by atoms with Crippen LogP contribution in [0.15, 0.2) is 12.2 Å². The molecule has 0 aromatic heterocycles. The van der Waals surface area contributed by atoms with Crippen LogP contribution in [0.5, 0.6) is 0 Å². The van der Waals surface area contributed by atoms with Crippen LogP contribution in [0.25, 0.3) is 0 Å². The van der Waals surface area contributed by atoms with Crippen LogP contribution in [-0.2, 0) is 0 Å². The van der Waals surface area contributed by atoms with E-state index in [1.165, 1.54) is 32.1 Å². The van der Waals surface area contributed by atoms with Gasteiger partial charge in [-0.15, -0.1) is 0 Å². The van der Waals surface area contributed by atoms with Crippen molar-refractivity contribution in [2.45, 2.75) is 52.9 Å². The Bertz CT molecular complexity index is 151. The molecule has 1 aliphatic rings. The highest BCUT2D eigenvalue weighted by Gasteiger charge is 2.25. The third-order valence-electron chi connectivity index (χ3n) is 3.39. The summed E-state index contributed by atoms with van der Waals surface area (Å²) < 4.78 is 0. The summed E-state index contributed by atoms with van der Waals surface area (Å²) in [6.45, 7) is 7.03. The van der Waals surface area contributed by atoms with E-state index in [4.69, 9.17) is 0 Å². The van der Waals surface area contributed by atoms with Gasteiger partial charge >= 0.3 is 0 Å². The van der Waals surface area contributed by atoms with E-state index < -0.39 is 0 Å². The van der Waals surface area contributed by atoms with E-state index in [2.05, 4.69) is 32.9 Å². The second-order valence-electron chi connectivity index (χ2n) is 4.56. The highest BCUT2D eigenvalue weighted by molar-refractivity contribution is 5.02. The molecule has 0 radical (unpaired) electrons. The summed E-state index contributed by atoms with van der Waals surface area (Å²) >= 11 is 0. The molecule has 1 unspecified atom stereocenters. The Hall–Kier alpha value is -0.260. The topological polar surface area (TPSA) is 0 Å². The van der Waals surface area contributed by atoms with Gasteiger partial charge in [0.15, 0.2) is 0 Å². The molecule has 0 fully saturated rings. The molecule has 0 spiro atoms. The highest BCUT2D eigenvalue weighted by atomic mass is 14.3. The lowest BCUT2D eigenvalue weighted by Crippen LogP contribution is -2.16. The largest absolute Gasteiger partial charge is 0.0880 e. The summed E-state index contributed by atoms with van der Waals surface area (Å²) in [5, 5.41) is 0. The van der Waals surface area contributed by atoms with Gasteiger partial charge in [0.1, 0.15) is 0 Å². The molecular weight excluding hydrogens is 156 g/mol. The summed E-state index contributed by atoms with van der Waals surface area (Å²) in [5.41, 5.74) is 0. The van der Waals surface area contributed by atoms with Crippen LogP contribution in [0.1, 0.15) is 52.9 Å². The summed E-state index contributed by atoms with van der Waals surface area (Å²) in [6.07, 6.45) is 11.7. The van der Waals surface area contributed by atoms with Crippen LogP contribution in [0.2, 0.25) is 0 Å². The van der Waals surface area contributed by atoms with Gasteiger partial charge < -0.3 is 0 Å². The molecule has 0 aliphatic heterocycles. The fourth-order valence-electron chi connectivity index (χ4n) is 2.69. The number of allylic oxidation sites excluding steroid dienone is 2.